The van der Waals surface area contributed by atoms with Crippen molar-refractivity contribution in [2.45, 2.75) is 13.8 Å². The lowest BCUT2D eigenvalue weighted by Gasteiger charge is -2.11. The summed E-state index contributed by atoms with van der Waals surface area (Å²) < 4.78 is 14.4. The molecule has 0 fully saturated rings. The number of hydrogen-bond donors (Lipinski definition) is 1. The molecule has 1 heterocycles. The Kier molecular flexibility index (Phi) is 3.82. The van der Waals surface area contributed by atoms with Crippen LogP contribution in [0.5, 0.6) is 0 Å². The molecule has 96 valence electrons. The lowest BCUT2D eigenvalue weighted by molar-refractivity contribution is 0.631. The van der Waals surface area contributed by atoms with Gasteiger partial charge >= 0.3 is 0 Å². The third kappa shape index (κ3) is 2.91. The fraction of sp³-hybridized carbons (Fsp3) is 0.143. The molecule has 1 aromatic heterocycles. The number of aryl methyl sites for hydroxylation is 2. The molecule has 0 unspecified atom stereocenters. The van der Waals surface area contributed by atoms with Gasteiger partial charge in [0.1, 0.15) is 11.9 Å². The number of nitrogens with zero attached hydrogens (tertiary/aromatic N) is 2. The van der Waals surface area contributed by atoms with Gasteiger partial charge < -0.3 is 5.32 Å². The Morgan fingerprint density at radius 1 is 1.26 bits per heavy atom. The highest BCUT2D eigenvalue weighted by atomic mass is 79.9. The SMILES string of the molecule is Cc1cc(Nc2ccc(Br)cc2F)c(C#N)c(C)n1. The van der Waals surface area contributed by atoms with Crippen molar-refractivity contribution in [2.24, 2.45) is 0 Å². The van der Waals surface area contributed by atoms with Gasteiger partial charge in [0.25, 0.3) is 0 Å². The predicted octanol–water partition coefficient (Wildman–Crippen LogP) is 4.22. The van der Waals surface area contributed by atoms with Crippen LogP contribution in [0.25, 0.3) is 0 Å². The number of hydrogen-bond acceptors (Lipinski definition) is 3. The summed E-state index contributed by atoms with van der Waals surface area (Å²) in [6.45, 7) is 3.59. The summed E-state index contributed by atoms with van der Waals surface area (Å²) in [4.78, 5) is 4.22. The van der Waals surface area contributed by atoms with Crippen molar-refractivity contribution in [3.63, 3.8) is 0 Å². The van der Waals surface area contributed by atoms with Crippen molar-refractivity contribution >= 4 is 27.3 Å². The fourth-order valence-electron chi connectivity index (χ4n) is 1.80. The summed E-state index contributed by atoms with van der Waals surface area (Å²) in [5.41, 5.74) is 2.71. The zero-order chi connectivity index (χ0) is 14.0. The lowest BCUT2D eigenvalue weighted by Crippen LogP contribution is -2.01. The Hall–Kier alpha value is -1.93. The molecule has 5 heteroatoms. The Bertz CT molecular complexity index is 677. The molecule has 0 aliphatic carbocycles. The molecule has 0 bridgehead atoms. The van der Waals surface area contributed by atoms with Gasteiger partial charge in [0.15, 0.2) is 0 Å². The average Bonchev–Trinajstić information content (AvgIpc) is 2.32. The van der Waals surface area contributed by atoms with Gasteiger partial charge in [-0.25, -0.2) is 4.39 Å². The van der Waals surface area contributed by atoms with Crippen LogP contribution in [0, 0.1) is 31.0 Å². The summed E-state index contributed by atoms with van der Waals surface area (Å²) in [5.74, 6) is -0.384. The van der Waals surface area contributed by atoms with Gasteiger partial charge in [0.2, 0.25) is 0 Å². The Labute approximate surface area is 119 Å². The number of pyridine rings is 1. The van der Waals surface area contributed by atoms with Crippen LogP contribution in [0.4, 0.5) is 15.8 Å². The van der Waals surface area contributed by atoms with E-state index in [1.807, 2.05) is 6.92 Å². The first-order valence-electron chi connectivity index (χ1n) is 5.61. The molecule has 0 radical (unpaired) electrons. The van der Waals surface area contributed by atoms with Gasteiger partial charge in [-0.15, -0.1) is 0 Å². The summed E-state index contributed by atoms with van der Waals surface area (Å²) in [7, 11) is 0. The number of nitriles is 1. The van der Waals surface area contributed by atoms with Crippen LogP contribution in [0.1, 0.15) is 17.0 Å². The van der Waals surface area contributed by atoms with Crippen LogP contribution in [0.2, 0.25) is 0 Å². The predicted molar refractivity (Wildman–Crippen MR) is 75.8 cm³/mol. The Morgan fingerprint density at radius 2 is 2.00 bits per heavy atom. The number of rotatable bonds is 2. The topological polar surface area (TPSA) is 48.7 Å². The van der Waals surface area contributed by atoms with E-state index in [0.717, 1.165) is 5.69 Å². The van der Waals surface area contributed by atoms with E-state index in [4.69, 9.17) is 5.26 Å². The third-order valence-corrected chi connectivity index (χ3v) is 3.13. The Balaban J connectivity index is 2.46. The van der Waals surface area contributed by atoms with Gasteiger partial charge in [-0.1, -0.05) is 15.9 Å². The first-order valence-corrected chi connectivity index (χ1v) is 6.41. The summed E-state index contributed by atoms with van der Waals surface area (Å²) in [6.07, 6.45) is 0. The van der Waals surface area contributed by atoms with E-state index in [-0.39, 0.29) is 5.82 Å². The van der Waals surface area contributed by atoms with Crippen LogP contribution < -0.4 is 5.32 Å². The molecule has 0 spiro atoms. The Morgan fingerprint density at radius 3 is 2.63 bits per heavy atom. The molecule has 2 aromatic rings. The second kappa shape index (κ2) is 5.37. The normalized spacial score (nSPS) is 10.1. The molecule has 0 atom stereocenters. The van der Waals surface area contributed by atoms with E-state index in [9.17, 15) is 4.39 Å². The van der Waals surface area contributed by atoms with E-state index in [1.54, 1.807) is 25.1 Å². The third-order valence-electron chi connectivity index (χ3n) is 2.64. The monoisotopic (exact) mass is 319 g/mol. The van der Waals surface area contributed by atoms with Crippen molar-refractivity contribution in [2.75, 3.05) is 5.32 Å². The molecule has 19 heavy (non-hydrogen) atoms. The van der Waals surface area contributed by atoms with Crippen LogP contribution in [-0.4, -0.2) is 4.98 Å². The lowest BCUT2D eigenvalue weighted by atomic mass is 10.1. The molecule has 0 aliphatic heterocycles. The van der Waals surface area contributed by atoms with Gasteiger partial charge in [-0.05, 0) is 38.1 Å². The van der Waals surface area contributed by atoms with Gasteiger partial charge in [0.05, 0.1) is 22.6 Å². The number of nitrogens with one attached hydrogen (secondary N) is 1. The maximum Gasteiger partial charge on any atom is 0.147 e. The largest absolute Gasteiger partial charge is 0.352 e. The van der Waals surface area contributed by atoms with Crippen LogP contribution >= 0.6 is 15.9 Å². The summed E-state index contributed by atoms with van der Waals surface area (Å²) in [6, 6.07) is 8.54. The molecule has 3 nitrogen and oxygen atoms in total. The minimum Gasteiger partial charge on any atom is -0.352 e. The molecule has 0 saturated carbocycles. The van der Waals surface area contributed by atoms with Crippen LogP contribution in [0.15, 0.2) is 28.7 Å². The van der Waals surface area contributed by atoms with Gasteiger partial charge in [-0.3, -0.25) is 4.98 Å². The van der Waals surface area contributed by atoms with Crippen molar-refractivity contribution in [1.82, 2.24) is 4.98 Å². The molecular formula is C14H11BrFN3. The maximum atomic E-state index is 13.8. The van der Waals surface area contributed by atoms with Crippen molar-refractivity contribution in [3.8, 4) is 6.07 Å². The van der Waals surface area contributed by atoms with Crippen molar-refractivity contribution in [3.05, 3.63) is 51.5 Å². The van der Waals surface area contributed by atoms with Gasteiger partial charge in [0, 0.05) is 10.2 Å². The molecule has 1 N–H and O–H groups in total. The highest BCUT2D eigenvalue weighted by Gasteiger charge is 2.10. The molecule has 0 aliphatic rings. The minimum absolute atomic E-state index is 0.324. The van der Waals surface area contributed by atoms with E-state index >= 15 is 0 Å². The van der Waals surface area contributed by atoms with Crippen LogP contribution in [0.3, 0.4) is 0 Å². The highest BCUT2D eigenvalue weighted by molar-refractivity contribution is 9.10. The average molecular weight is 320 g/mol. The quantitative estimate of drug-likeness (QED) is 0.901. The van der Waals surface area contributed by atoms with Gasteiger partial charge in [-0.2, -0.15) is 5.26 Å². The van der Waals surface area contributed by atoms with E-state index in [1.165, 1.54) is 6.07 Å². The second-order valence-electron chi connectivity index (χ2n) is 4.13. The molecule has 0 saturated heterocycles. The first kappa shape index (κ1) is 13.5. The first-order chi connectivity index (χ1) is 9.01. The number of benzene rings is 1. The van der Waals surface area contributed by atoms with E-state index < -0.39 is 0 Å². The fourth-order valence-corrected chi connectivity index (χ4v) is 2.14. The second-order valence-corrected chi connectivity index (χ2v) is 5.05. The molecule has 2 rings (SSSR count). The number of aromatic nitrogens is 1. The van der Waals surface area contributed by atoms with Crippen LogP contribution in [-0.2, 0) is 0 Å². The molecule has 1 aromatic carbocycles. The number of anilines is 2. The molecular weight excluding hydrogens is 309 g/mol. The standard InChI is InChI=1S/C14H11BrFN3/c1-8-5-14(11(7-17)9(2)18-8)19-13-4-3-10(15)6-12(13)16/h3-6H,1-2H3,(H,18,19). The zero-order valence-electron chi connectivity index (χ0n) is 10.5. The number of halogens is 2. The maximum absolute atomic E-state index is 13.8. The minimum atomic E-state index is -0.384. The van der Waals surface area contributed by atoms with E-state index in [0.29, 0.717) is 27.1 Å². The van der Waals surface area contributed by atoms with Crippen molar-refractivity contribution < 1.29 is 4.39 Å². The summed E-state index contributed by atoms with van der Waals surface area (Å²) >= 11 is 3.20. The van der Waals surface area contributed by atoms with E-state index in [2.05, 4.69) is 32.3 Å². The smallest absolute Gasteiger partial charge is 0.147 e. The van der Waals surface area contributed by atoms with Crippen molar-refractivity contribution in [1.29, 1.82) is 5.26 Å². The zero-order valence-corrected chi connectivity index (χ0v) is 12.0. The highest BCUT2D eigenvalue weighted by Crippen LogP contribution is 2.26. The molecule has 0 amide bonds. The summed E-state index contributed by atoms with van der Waals surface area (Å²) in [5, 5.41) is 12.1.